The van der Waals surface area contributed by atoms with E-state index in [2.05, 4.69) is 15.3 Å². The van der Waals surface area contributed by atoms with Crippen LogP contribution in [0, 0.1) is 5.92 Å². The highest BCUT2D eigenvalue weighted by Gasteiger charge is 2.33. The van der Waals surface area contributed by atoms with Gasteiger partial charge < -0.3 is 15.2 Å². The molecule has 2 N–H and O–H groups in total. The molecule has 2 atom stereocenters. The smallest absolute Gasteiger partial charge is 0.253 e. The summed E-state index contributed by atoms with van der Waals surface area (Å²) < 4.78 is 0. The van der Waals surface area contributed by atoms with Crippen LogP contribution >= 0.6 is 0 Å². The third-order valence-electron chi connectivity index (χ3n) is 4.90. The van der Waals surface area contributed by atoms with Gasteiger partial charge in [-0.25, -0.2) is 4.98 Å². The van der Waals surface area contributed by atoms with Gasteiger partial charge in [-0.15, -0.1) is 0 Å². The van der Waals surface area contributed by atoms with Crippen molar-refractivity contribution in [3.63, 3.8) is 0 Å². The number of H-pyrrole nitrogens is 1. The zero-order valence-electron chi connectivity index (χ0n) is 14.7. The van der Waals surface area contributed by atoms with Gasteiger partial charge in [-0.05, 0) is 38.3 Å². The third kappa shape index (κ3) is 3.73. The fourth-order valence-electron chi connectivity index (χ4n) is 3.43. The van der Waals surface area contributed by atoms with E-state index in [9.17, 15) is 9.59 Å². The zero-order chi connectivity index (χ0) is 17.8. The Kier molecular flexibility index (Phi) is 5.16. The van der Waals surface area contributed by atoms with Gasteiger partial charge in [-0.1, -0.05) is 12.1 Å². The van der Waals surface area contributed by atoms with Crippen molar-refractivity contribution in [2.75, 3.05) is 13.6 Å². The quantitative estimate of drug-likeness (QED) is 0.877. The van der Waals surface area contributed by atoms with Crippen LogP contribution in [0.4, 0.5) is 0 Å². The second-order valence-electron chi connectivity index (χ2n) is 6.49. The Labute approximate surface area is 147 Å². The predicted molar refractivity (Wildman–Crippen MR) is 95.9 cm³/mol. The molecule has 1 heterocycles. The van der Waals surface area contributed by atoms with Crippen LogP contribution in [0.15, 0.2) is 36.7 Å². The number of aromatic nitrogens is 2. The van der Waals surface area contributed by atoms with E-state index in [1.165, 1.54) is 0 Å². The van der Waals surface area contributed by atoms with Crippen molar-refractivity contribution >= 4 is 11.8 Å². The zero-order valence-corrected chi connectivity index (χ0v) is 14.7. The molecule has 0 saturated heterocycles. The van der Waals surface area contributed by atoms with Gasteiger partial charge in [0.05, 0.1) is 0 Å². The number of imidazole rings is 1. The lowest BCUT2D eigenvalue weighted by Gasteiger charge is -2.25. The first-order valence-electron chi connectivity index (χ1n) is 8.74. The minimum absolute atomic E-state index is 0.00690. The van der Waals surface area contributed by atoms with E-state index in [1.807, 2.05) is 38.2 Å². The molecule has 6 nitrogen and oxygen atoms in total. The highest BCUT2D eigenvalue weighted by atomic mass is 16.2. The first kappa shape index (κ1) is 17.2. The molecule has 25 heavy (non-hydrogen) atoms. The minimum Gasteiger partial charge on any atom is -0.356 e. The van der Waals surface area contributed by atoms with Gasteiger partial charge in [0.1, 0.15) is 5.82 Å². The summed E-state index contributed by atoms with van der Waals surface area (Å²) in [5.74, 6) is 0.899. The number of hydrogen-bond donors (Lipinski definition) is 2. The summed E-state index contributed by atoms with van der Waals surface area (Å²) in [4.78, 5) is 33.8. The molecule has 1 aliphatic carbocycles. The van der Waals surface area contributed by atoms with Crippen LogP contribution in [0.1, 0.15) is 36.5 Å². The average molecular weight is 340 g/mol. The van der Waals surface area contributed by atoms with Crippen LogP contribution in [-0.4, -0.2) is 46.3 Å². The first-order valence-corrected chi connectivity index (χ1v) is 8.74. The standard InChI is InChI=1S/C19H24N4O2/c1-3-20-18(24)15-8-9-16(12-15)23(2)19(25)14-6-4-13(5-7-14)17-21-10-11-22-17/h4-7,10-11,15-16H,3,8-9,12H2,1-2H3,(H,20,24)(H,21,22)/t15-,16+/m0/s1. The number of nitrogens with one attached hydrogen (secondary N) is 2. The van der Waals surface area contributed by atoms with E-state index in [0.717, 1.165) is 30.7 Å². The molecule has 3 rings (SSSR count). The predicted octanol–water partition coefficient (Wildman–Crippen LogP) is 2.45. The summed E-state index contributed by atoms with van der Waals surface area (Å²) in [6.07, 6.45) is 5.92. The second-order valence-corrected chi connectivity index (χ2v) is 6.49. The summed E-state index contributed by atoms with van der Waals surface area (Å²) in [6, 6.07) is 7.56. The molecular weight excluding hydrogens is 316 g/mol. The van der Waals surface area contributed by atoms with Gasteiger partial charge in [0.2, 0.25) is 5.91 Å². The Morgan fingerprint density at radius 1 is 1.28 bits per heavy atom. The van der Waals surface area contributed by atoms with Crippen molar-refractivity contribution < 1.29 is 9.59 Å². The second kappa shape index (κ2) is 7.51. The van der Waals surface area contributed by atoms with Crippen molar-refractivity contribution in [2.45, 2.75) is 32.2 Å². The number of aromatic amines is 1. The van der Waals surface area contributed by atoms with Crippen LogP contribution in [0.5, 0.6) is 0 Å². The molecule has 1 saturated carbocycles. The van der Waals surface area contributed by atoms with Crippen LogP contribution < -0.4 is 5.32 Å². The van der Waals surface area contributed by atoms with E-state index in [1.54, 1.807) is 17.3 Å². The summed E-state index contributed by atoms with van der Waals surface area (Å²) in [5.41, 5.74) is 1.60. The maximum absolute atomic E-state index is 12.7. The fourth-order valence-corrected chi connectivity index (χ4v) is 3.43. The van der Waals surface area contributed by atoms with Crippen molar-refractivity contribution in [3.05, 3.63) is 42.2 Å². The number of carbonyl (C=O) groups is 2. The Morgan fingerprint density at radius 3 is 2.68 bits per heavy atom. The van der Waals surface area contributed by atoms with Gasteiger partial charge in [0.15, 0.2) is 0 Å². The molecule has 0 spiro atoms. The molecule has 1 fully saturated rings. The summed E-state index contributed by atoms with van der Waals surface area (Å²) >= 11 is 0. The summed E-state index contributed by atoms with van der Waals surface area (Å²) in [5, 5.41) is 2.88. The third-order valence-corrected chi connectivity index (χ3v) is 4.90. The lowest BCUT2D eigenvalue weighted by atomic mass is 10.1. The molecule has 0 aliphatic heterocycles. The monoisotopic (exact) mass is 340 g/mol. The molecular formula is C19H24N4O2. The number of rotatable bonds is 5. The van der Waals surface area contributed by atoms with Crippen LogP contribution in [0.25, 0.3) is 11.4 Å². The number of nitrogens with zero attached hydrogens (tertiary/aromatic N) is 2. The van der Waals surface area contributed by atoms with Crippen molar-refractivity contribution in [3.8, 4) is 11.4 Å². The van der Waals surface area contributed by atoms with Gasteiger partial charge in [0, 0.05) is 49.1 Å². The molecule has 0 bridgehead atoms. The number of benzene rings is 1. The van der Waals surface area contributed by atoms with E-state index >= 15 is 0 Å². The van der Waals surface area contributed by atoms with Crippen molar-refractivity contribution in [1.82, 2.24) is 20.2 Å². The van der Waals surface area contributed by atoms with Crippen LogP contribution in [0.2, 0.25) is 0 Å². The highest BCUT2D eigenvalue weighted by Crippen LogP contribution is 2.30. The molecule has 0 unspecified atom stereocenters. The molecule has 132 valence electrons. The molecule has 0 radical (unpaired) electrons. The molecule has 2 aromatic rings. The van der Waals surface area contributed by atoms with Gasteiger partial charge >= 0.3 is 0 Å². The van der Waals surface area contributed by atoms with E-state index in [-0.39, 0.29) is 23.8 Å². The highest BCUT2D eigenvalue weighted by molar-refractivity contribution is 5.94. The van der Waals surface area contributed by atoms with Crippen LogP contribution in [-0.2, 0) is 4.79 Å². The summed E-state index contributed by atoms with van der Waals surface area (Å²) in [7, 11) is 1.83. The van der Waals surface area contributed by atoms with Gasteiger partial charge in [-0.2, -0.15) is 0 Å². The SMILES string of the molecule is CCNC(=O)[C@H]1CC[C@@H](N(C)C(=O)c2ccc(-c3ncc[nH]3)cc2)C1. The number of hydrogen-bond acceptors (Lipinski definition) is 3. The Balaban J connectivity index is 1.64. The number of amides is 2. The number of carbonyl (C=O) groups excluding carboxylic acids is 2. The lowest BCUT2D eigenvalue weighted by Crippen LogP contribution is -2.36. The lowest BCUT2D eigenvalue weighted by molar-refractivity contribution is -0.124. The Morgan fingerprint density at radius 2 is 2.04 bits per heavy atom. The largest absolute Gasteiger partial charge is 0.356 e. The molecule has 1 aromatic carbocycles. The van der Waals surface area contributed by atoms with E-state index in [0.29, 0.717) is 12.1 Å². The maximum atomic E-state index is 12.7. The van der Waals surface area contributed by atoms with E-state index in [4.69, 9.17) is 0 Å². The molecule has 2 amide bonds. The van der Waals surface area contributed by atoms with Crippen LogP contribution in [0.3, 0.4) is 0 Å². The van der Waals surface area contributed by atoms with Gasteiger partial charge in [-0.3, -0.25) is 9.59 Å². The average Bonchev–Trinajstić information content (AvgIpc) is 3.32. The Hall–Kier alpha value is -2.63. The van der Waals surface area contributed by atoms with E-state index < -0.39 is 0 Å². The Bertz CT molecular complexity index is 724. The molecule has 6 heteroatoms. The molecule has 1 aromatic heterocycles. The van der Waals surface area contributed by atoms with Crippen molar-refractivity contribution in [2.24, 2.45) is 5.92 Å². The maximum Gasteiger partial charge on any atom is 0.253 e. The first-order chi connectivity index (χ1) is 12.1. The normalized spacial score (nSPS) is 19.6. The molecule has 1 aliphatic rings. The van der Waals surface area contributed by atoms with Crippen molar-refractivity contribution in [1.29, 1.82) is 0 Å². The fraction of sp³-hybridized carbons (Fsp3) is 0.421. The summed E-state index contributed by atoms with van der Waals surface area (Å²) in [6.45, 7) is 2.57. The van der Waals surface area contributed by atoms with Gasteiger partial charge in [0.25, 0.3) is 5.91 Å². The topological polar surface area (TPSA) is 78.1 Å². The minimum atomic E-state index is -0.00690.